The minimum Gasteiger partial charge on any atom is -0.454 e. The van der Waals surface area contributed by atoms with Crippen LogP contribution in [0.1, 0.15) is 51.4 Å². The van der Waals surface area contributed by atoms with Crippen LogP contribution in [-0.4, -0.2) is 62.9 Å². The van der Waals surface area contributed by atoms with E-state index >= 15 is 0 Å². The van der Waals surface area contributed by atoms with Crippen LogP contribution in [0.15, 0.2) is 18.2 Å². The van der Waals surface area contributed by atoms with Crippen LogP contribution >= 0.6 is 0 Å². The molecule has 2 aliphatic carbocycles. The number of fused-ring (bicyclic) bond motifs is 1. The Morgan fingerprint density at radius 1 is 1.06 bits per heavy atom. The van der Waals surface area contributed by atoms with Gasteiger partial charge in [0.15, 0.2) is 17.3 Å². The molecule has 6 nitrogen and oxygen atoms in total. The van der Waals surface area contributed by atoms with Crippen molar-refractivity contribution in [3.05, 3.63) is 18.2 Å². The average molecular weight is 429 g/mol. The van der Waals surface area contributed by atoms with Gasteiger partial charge in [-0.15, -0.1) is 0 Å². The largest absolute Gasteiger partial charge is 0.454 e. The highest BCUT2D eigenvalue weighted by molar-refractivity contribution is 5.90. The molecule has 0 spiro atoms. The second-order valence-electron chi connectivity index (χ2n) is 9.84. The van der Waals surface area contributed by atoms with E-state index in [9.17, 15) is 4.79 Å². The van der Waals surface area contributed by atoms with E-state index < -0.39 is 5.60 Å². The minimum atomic E-state index is -0.391. The second kappa shape index (κ2) is 8.99. The van der Waals surface area contributed by atoms with Crippen LogP contribution in [0, 0.1) is 11.8 Å². The molecule has 0 aromatic heterocycles. The number of Topliss-reactive ketones (excluding diaryl/α,β-unsaturated/α-hetero) is 1. The molecule has 1 aromatic rings. The summed E-state index contributed by atoms with van der Waals surface area (Å²) in [5.74, 6) is 3.54. The lowest BCUT2D eigenvalue weighted by Crippen LogP contribution is -2.47. The van der Waals surface area contributed by atoms with E-state index in [0.29, 0.717) is 18.5 Å². The van der Waals surface area contributed by atoms with Crippen LogP contribution in [0.5, 0.6) is 11.5 Å². The number of anilines is 1. The topological polar surface area (TPSA) is 51.2 Å². The molecule has 2 heterocycles. The fourth-order valence-electron chi connectivity index (χ4n) is 5.62. The molecule has 0 radical (unpaired) electrons. The molecule has 6 heteroatoms. The lowest BCUT2D eigenvalue weighted by molar-refractivity contribution is -0.132. The van der Waals surface area contributed by atoms with Gasteiger partial charge in [0.25, 0.3) is 0 Å². The van der Waals surface area contributed by atoms with Crippen LogP contribution in [0.2, 0.25) is 0 Å². The van der Waals surface area contributed by atoms with Gasteiger partial charge in [-0.05, 0) is 62.6 Å². The summed E-state index contributed by atoms with van der Waals surface area (Å²) in [7, 11) is 1.69. The maximum Gasteiger partial charge on any atom is 0.231 e. The van der Waals surface area contributed by atoms with E-state index in [-0.39, 0.29) is 0 Å². The van der Waals surface area contributed by atoms with Gasteiger partial charge in [0.05, 0.1) is 5.69 Å². The molecule has 4 aliphatic rings. The van der Waals surface area contributed by atoms with Crippen LogP contribution in [0.25, 0.3) is 0 Å². The van der Waals surface area contributed by atoms with Gasteiger partial charge >= 0.3 is 0 Å². The second-order valence-corrected chi connectivity index (χ2v) is 9.84. The molecule has 31 heavy (non-hydrogen) atoms. The van der Waals surface area contributed by atoms with Crippen molar-refractivity contribution in [1.82, 2.24) is 4.90 Å². The number of hydrogen-bond acceptors (Lipinski definition) is 6. The molecule has 0 atom stereocenters. The Morgan fingerprint density at radius 2 is 1.81 bits per heavy atom. The van der Waals surface area contributed by atoms with Crippen molar-refractivity contribution in [2.75, 3.05) is 51.5 Å². The third-order valence-corrected chi connectivity index (χ3v) is 7.99. The molecule has 1 saturated heterocycles. The zero-order valence-corrected chi connectivity index (χ0v) is 18.8. The first-order valence-corrected chi connectivity index (χ1v) is 12.1. The van der Waals surface area contributed by atoms with Crippen LogP contribution < -0.4 is 14.4 Å². The molecule has 3 fully saturated rings. The molecule has 0 bridgehead atoms. The number of nitrogens with zero attached hydrogens (tertiary/aromatic N) is 2. The molecule has 1 aromatic carbocycles. The first kappa shape index (κ1) is 21.1. The summed E-state index contributed by atoms with van der Waals surface area (Å²) in [6.07, 6.45) is 8.88. The summed E-state index contributed by atoms with van der Waals surface area (Å²) in [6, 6.07) is 6.18. The molecule has 0 unspecified atom stereocenters. The SMILES string of the molecule is COC1(C(=O)CC2CCC(CCN3CCN(c4cccc5c4OCO5)CC3)CC2)CC1. The number of carbonyl (C=O) groups excluding carboxylic acids is 1. The fraction of sp³-hybridized carbons (Fsp3) is 0.720. The smallest absolute Gasteiger partial charge is 0.231 e. The monoisotopic (exact) mass is 428 g/mol. The quantitative estimate of drug-likeness (QED) is 0.627. The summed E-state index contributed by atoms with van der Waals surface area (Å²) in [4.78, 5) is 17.5. The lowest BCUT2D eigenvalue weighted by Gasteiger charge is -2.37. The zero-order chi connectivity index (χ0) is 21.3. The molecule has 0 N–H and O–H groups in total. The van der Waals surface area contributed by atoms with Gasteiger partial charge in [-0.1, -0.05) is 18.9 Å². The van der Waals surface area contributed by atoms with E-state index in [4.69, 9.17) is 14.2 Å². The van der Waals surface area contributed by atoms with Gasteiger partial charge in [0.1, 0.15) is 5.60 Å². The molecule has 2 aliphatic heterocycles. The summed E-state index contributed by atoms with van der Waals surface area (Å²) >= 11 is 0. The van der Waals surface area contributed by atoms with Gasteiger partial charge in [-0.3, -0.25) is 9.69 Å². The Kier molecular flexibility index (Phi) is 6.11. The first-order valence-electron chi connectivity index (χ1n) is 12.1. The van der Waals surface area contributed by atoms with E-state index in [2.05, 4.69) is 21.9 Å². The maximum atomic E-state index is 12.5. The number of methoxy groups -OCH3 is 1. The van der Waals surface area contributed by atoms with Crippen molar-refractivity contribution < 1.29 is 19.0 Å². The Morgan fingerprint density at radius 3 is 2.52 bits per heavy atom. The predicted molar refractivity (Wildman–Crippen MR) is 120 cm³/mol. The molecular formula is C25H36N2O4. The third kappa shape index (κ3) is 4.56. The summed E-state index contributed by atoms with van der Waals surface area (Å²) in [5.41, 5.74) is 0.779. The first-order chi connectivity index (χ1) is 15.2. The number of benzene rings is 1. The Labute approximate surface area is 185 Å². The fourth-order valence-corrected chi connectivity index (χ4v) is 5.62. The zero-order valence-electron chi connectivity index (χ0n) is 18.8. The van der Waals surface area contributed by atoms with E-state index in [1.807, 2.05) is 6.07 Å². The van der Waals surface area contributed by atoms with Crippen LogP contribution in [-0.2, 0) is 9.53 Å². The van der Waals surface area contributed by atoms with Crippen molar-refractivity contribution >= 4 is 11.5 Å². The van der Waals surface area contributed by atoms with Crippen LogP contribution in [0.4, 0.5) is 5.69 Å². The van der Waals surface area contributed by atoms with Crippen molar-refractivity contribution in [3.8, 4) is 11.5 Å². The highest BCUT2D eigenvalue weighted by Crippen LogP contribution is 2.43. The number of ether oxygens (including phenoxy) is 3. The summed E-state index contributed by atoms with van der Waals surface area (Å²) < 4.78 is 16.7. The number of ketones is 1. The van der Waals surface area contributed by atoms with E-state index in [0.717, 1.165) is 62.9 Å². The van der Waals surface area contributed by atoms with Crippen molar-refractivity contribution in [2.45, 2.75) is 57.0 Å². The standard InChI is InChI=1S/C25H36N2O4/c1-29-25(10-11-25)23(28)17-20-7-5-19(6-8-20)9-12-26-13-15-27(16-14-26)21-3-2-4-22-24(21)31-18-30-22/h2-4,19-20H,5-18H2,1H3. The van der Waals surface area contributed by atoms with E-state index in [1.165, 1.54) is 44.3 Å². The summed E-state index contributed by atoms with van der Waals surface area (Å²) in [6.45, 7) is 5.81. The Hall–Kier alpha value is -1.79. The average Bonchev–Trinajstić information content (AvgIpc) is 3.47. The van der Waals surface area contributed by atoms with Gasteiger partial charge in [-0.25, -0.2) is 0 Å². The van der Waals surface area contributed by atoms with Crippen LogP contribution in [0.3, 0.4) is 0 Å². The number of piperazine rings is 1. The number of carbonyl (C=O) groups is 1. The number of hydrogen-bond donors (Lipinski definition) is 0. The van der Waals surface area contributed by atoms with Crippen molar-refractivity contribution in [2.24, 2.45) is 11.8 Å². The van der Waals surface area contributed by atoms with Crippen molar-refractivity contribution in [3.63, 3.8) is 0 Å². The normalized spacial score (nSPS) is 27.3. The molecular weight excluding hydrogens is 392 g/mol. The van der Waals surface area contributed by atoms with Gasteiger partial charge in [0.2, 0.25) is 6.79 Å². The Balaban J connectivity index is 1.02. The highest BCUT2D eigenvalue weighted by atomic mass is 16.7. The van der Waals surface area contributed by atoms with Gasteiger partial charge in [-0.2, -0.15) is 0 Å². The maximum absolute atomic E-state index is 12.5. The summed E-state index contributed by atoms with van der Waals surface area (Å²) in [5, 5.41) is 0. The van der Waals surface area contributed by atoms with Crippen molar-refractivity contribution in [1.29, 1.82) is 0 Å². The minimum absolute atomic E-state index is 0.329. The highest BCUT2D eigenvalue weighted by Gasteiger charge is 2.50. The van der Waals surface area contributed by atoms with Gasteiger partial charge in [0, 0.05) is 39.7 Å². The molecule has 2 saturated carbocycles. The van der Waals surface area contributed by atoms with E-state index in [1.54, 1.807) is 7.11 Å². The molecule has 5 rings (SSSR count). The predicted octanol–water partition coefficient (Wildman–Crippen LogP) is 3.87. The number of rotatable bonds is 8. The Bertz CT molecular complexity index is 778. The lowest BCUT2D eigenvalue weighted by atomic mass is 9.78. The molecule has 170 valence electrons. The van der Waals surface area contributed by atoms with Gasteiger partial charge < -0.3 is 19.1 Å². The molecule has 0 amide bonds. The number of para-hydroxylation sites is 1. The third-order valence-electron chi connectivity index (χ3n) is 7.99.